The van der Waals surface area contributed by atoms with Gasteiger partial charge in [0, 0.05) is 11.6 Å². The number of amides is 2. The van der Waals surface area contributed by atoms with Crippen molar-refractivity contribution < 1.29 is 14.1 Å². The predicted molar refractivity (Wildman–Crippen MR) is 125 cm³/mol. The first-order valence-corrected chi connectivity index (χ1v) is 12.5. The lowest BCUT2D eigenvalue weighted by Crippen LogP contribution is -2.37. The van der Waals surface area contributed by atoms with Crippen LogP contribution in [-0.2, 0) is 4.79 Å². The molecule has 2 aromatic heterocycles. The zero-order chi connectivity index (χ0) is 22.5. The number of nitrogens with one attached hydrogen (secondary N) is 2. The van der Waals surface area contributed by atoms with Crippen LogP contribution in [0.2, 0.25) is 5.02 Å². The van der Waals surface area contributed by atoms with Crippen LogP contribution in [0.25, 0.3) is 11.3 Å². The first kappa shape index (κ1) is 22.8. The van der Waals surface area contributed by atoms with Crippen molar-refractivity contribution >= 4 is 51.6 Å². The highest BCUT2D eigenvalue weighted by Crippen LogP contribution is 2.32. The Hall–Kier alpha value is -2.43. The van der Waals surface area contributed by atoms with E-state index in [1.807, 2.05) is 6.07 Å². The molecule has 0 spiro atoms. The third kappa shape index (κ3) is 5.48. The van der Waals surface area contributed by atoms with Crippen LogP contribution >= 0.6 is 34.7 Å². The van der Waals surface area contributed by atoms with Crippen LogP contribution in [0.3, 0.4) is 0 Å². The molecule has 1 aromatic carbocycles. The van der Waals surface area contributed by atoms with Gasteiger partial charge in [-0.2, -0.15) is 0 Å². The fourth-order valence-electron chi connectivity index (χ4n) is 3.60. The highest BCUT2D eigenvalue weighted by molar-refractivity contribution is 8.01. The molecular weight excluding hydrogens is 470 g/mol. The Morgan fingerprint density at radius 1 is 1.22 bits per heavy atom. The number of anilines is 1. The van der Waals surface area contributed by atoms with Crippen LogP contribution in [0.15, 0.2) is 33.1 Å². The highest BCUT2D eigenvalue weighted by Gasteiger charge is 2.24. The second-order valence-electron chi connectivity index (χ2n) is 7.46. The Labute approximate surface area is 198 Å². The molecule has 1 aliphatic rings. The van der Waals surface area contributed by atoms with E-state index in [0.717, 1.165) is 12.8 Å². The van der Waals surface area contributed by atoms with Crippen molar-refractivity contribution in [1.82, 2.24) is 20.7 Å². The third-order valence-electron chi connectivity index (χ3n) is 5.14. The maximum Gasteiger partial charge on any atom is 0.263 e. The number of carbonyl (C=O) groups excluding carboxylic acids is 2. The van der Waals surface area contributed by atoms with Gasteiger partial charge in [-0.3, -0.25) is 14.9 Å². The van der Waals surface area contributed by atoms with E-state index in [1.54, 1.807) is 25.1 Å². The van der Waals surface area contributed by atoms with Gasteiger partial charge in [-0.15, -0.1) is 10.2 Å². The van der Waals surface area contributed by atoms with Crippen LogP contribution in [0.4, 0.5) is 5.13 Å². The lowest BCUT2D eigenvalue weighted by molar-refractivity contribution is -0.119. The summed E-state index contributed by atoms with van der Waals surface area (Å²) >= 11 is 8.77. The second kappa shape index (κ2) is 10.5. The Balaban J connectivity index is 1.37. The van der Waals surface area contributed by atoms with E-state index in [1.165, 1.54) is 42.4 Å². The van der Waals surface area contributed by atoms with Crippen LogP contribution in [-0.4, -0.2) is 39.0 Å². The molecule has 2 N–H and O–H groups in total. The molecule has 11 heteroatoms. The highest BCUT2D eigenvalue weighted by atomic mass is 35.5. The van der Waals surface area contributed by atoms with Gasteiger partial charge < -0.3 is 9.84 Å². The van der Waals surface area contributed by atoms with Crippen molar-refractivity contribution in [2.45, 2.75) is 49.4 Å². The van der Waals surface area contributed by atoms with Crippen LogP contribution in [0.5, 0.6) is 0 Å². The predicted octanol–water partition coefficient (Wildman–Crippen LogP) is 4.95. The van der Waals surface area contributed by atoms with E-state index in [2.05, 4.69) is 26.0 Å². The van der Waals surface area contributed by atoms with E-state index in [4.69, 9.17) is 16.1 Å². The number of nitrogens with zero attached hydrogens (tertiary/aromatic N) is 3. The number of halogens is 1. The summed E-state index contributed by atoms with van der Waals surface area (Å²) in [6.45, 7) is 1.66. The molecule has 32 heavy (non-hydrogen) atoms. The van der Waals surface area contributed by atoms with Crippen molar-refractivity contribution in [3.63, 3.8) is 0 Å². The minimum atomic E-state index is -0.415. The molecule has 0 aliphatic heterocycles. The number of hydrogen-bond donors (Lipinski definition) is 2. The minimum Gasteiger partial charge on any atom is -0.360 e. The Bertz CT molecular complexity index is 1110. The molecule has 0 saturated heterocycles. The molecule has 168 valence electrons. The molecule has 1 saturated carbocycles. The molecule has 0 unspecified atom stereocenters. The largest absolute Gasteiger partial charge is 0.360 e. The molecular formula is C21H22ClN5O3S2. The maximum absolute atomic E-state index is 12.9. The maximum atomic E-state index is 12.9. The van der Waals surface area contributed by atoms with Crippen LogP contribution < -0.4 is 10.6 Å². The van der Waals surface area contributed by atoms with Gasteiger partial charge in [0.25, 0.3) is 5.91 Å². The van der Waals surface area contributed by atoms with Gasteiger partial charge >= 0.3 is 0 Å². The van der Waals surface area contributed by atoms with E-state index < -0.39 is 5.91 Å². The molecule has 0 bridgehead atoms. The second-order valence-corrected chi connectivity index (χ2v) is 10.1. The number of carbonyl (C=O) groups is 2. The Morgan fingerprint density at radius 2 is 2.00 bits per heavy atom. The molecule has 1 fully saturated rings. The molecule has 3 aromatic rings. The van der Waals surface area contributed by atoms with Crippen molar-refractivity contribution in [3.05, 3.63) is 40.6 Å². The SMILES string of the molecule is Cc1onc(-c2ccccc2Cl)c1C(=O)Nc1nnc(SCC(=O)NC2CCCCC2)s1. The van der Waals surface area contributed by atoms with Gasteiger partial charge in [0.05, 0.1) is 10.8 Å². The van der Waals surface area contributed by atoms with Crippen molar-refractivity contribution in [3.8, 4) is 11.3 Å². The van der Waals surface area contributed by atoms with Gasteiger partial charge in [-0.25, -0.2) is 0 Å². The quantitative estimate of drug-likeness (QED) is 0.355. The Kier molecular flexibility index (Phi) is 7.44. The molecule has 2 heterocycles. The number of benzene rings is 1. The third-order valence-corrected chi connectivity index (χ3v) is 7.44. The fourth-order valence-corrected chi connectivity index (χ4v) is 5.38. The number of aryl methyl sites for hydroxylation is 1. The normalized spacial score (nSPS) is 14.3. The van der Waals surface area contributed by atoms with Gasteiger partial charge in [0.2, 0.25) is 11.0 Å². The first-order valence-electron chi connectivity index (χ1n) is 10.3. The van der Waals surface area contributed by atoms with Crippen molar-refractivity contribution in [2.24, 2.45) is 0 Å². The summed E-state index contributed by atoms with van der Waals surface area (Å²) in [5.41, 5.74) is 1.26. The monoisotopic (exact) mass is 491 g/mol. The molecule has 8 nitrogen and oxygen atoms in total. The van der Waals surface area contributed by atoms with Crippen molar-refractivity contribution in [1.29, 1.82) is 0 Å². The molecule has 2 amide bonds. The van der Waals surface area contributed by atoms with E-state index >= 15 is 0 Å². The van der Waals surface area contributed by atoms with Crippen LogP contribution in [0, 0.1) is 6.92 Å². The zero-order valence-electron chi connectivity index (χ0n) is 17.4. The van der Waals surface area contributed by atoms with Crippen molar-refractivity contribution in [2.75, 3.05) is 11.1 Å². The van der Waals surface area contributed by atoms with E-state index in [-0.39, 0.29) is 23.3 Å². The van der Waals surface area contributed by atoms with E-state index in [9.17, 15) is 9.59 Å². The lowest BCUT2D eigenvalue weighted by atomic mass is 9.95. The average Bonchev–Trinajstić information content (AvgIpc) is 3.39. The summed E-state index contributed by atoms with van der Waals surface area (Å²) in [4.78, 5) is 25.1. The minimum absolute atomic E-state index is 0.00726. The summed E-state index contributed by atoms with van der Waals surface area (Å²) in [6, 6.07) is 7.38. The summed E-state index contributed by atoms with van der Waals surface area (Å²) < 4.78 is 5.85. The topological polar surface area (TPSA) is 110 Å². The fraction of sp³-hybridized carbons (Fsp3) is 0.381. The smallest absolute Gasteiger partial charge is 0.263 e. The molecule has 4 rings (SSSR count). The summed E-state index contributed by atoms with van der Waals surface area (Å²) in [5.74, 6) is 0.213. The summed E-state index contributed by atoms with van der Waals surface area (Å²) in [6.07, 6.45) is 5.67. The van der Waals surface area contributed by atoms with Crippen LogP contribution in [0.1, 0.15) is 48.2 Å². The molecule has 1 aliphatic carbocycles. The van der Waals surface area contributed by atoms with Gasteiger partial charge in [-0.1, -0.05) is 77.3 Å². The van der Waals surface area contributed by atoms with Gasteiger partial charge in [-0.05, 0) is 25.8 Å². The number of aromatic nitrogens is 3. The first-order chi connectivity index (χ1) is 15.5. The lowest BCUT2D eigenvalue weighted by Gasteiger charge is -2.22. The molecule has 0 radical (unpaired) electrons. The Morgan fingerprint density at radius 3 is 2.78 bits per heavy atom. The number of hydrogen-bond acceptors (Lipinski definition) is 8. The van der Waals surface area contributed by atoms with Gasteiger partial charge in [0.1, 0.15) is 17.0 Å². The zero-order valence-corrected chi connectivity index (χ0v) is 19.8. The average molecular weight is 492 g/mol. The standard InChI is InChI=1S/C21H22ClN5O3S2/c1-12-17(18(27-30-12)14-9-5-6-10-15(14)22)19(29)24-20-25-26-21(32-20)31-11-16(28)23-13-7-3-2-4-8-13/h5-6,9-10,13H,2-4,7-8,11H2,1H3,(H,23,28)(H,24,25,29). The summed E-state index contributed by atoms with van der Waals surface area (Å²) in [7, 11) is 0. The number of thioether (sulfide) groups is 1. The molecule has 0 atom stereocenters. The van der Waals surface area contributed by atoms with E-state index in [0.29, 0.717) is 31.5 Å². The van der Waals surface area contributed by atoms with Gasteiger partial charge in [0.15, 0.2) is 4.34 Å². The summed E-state index contributed by atoms with van der Waals surface area (Å²) in [5, 5.41) is 18.7. The number of rotatable bonds is 7.